The highest BCUT2D eigenvalue weighted by Gasteiger charge is 2.37. The Bertz CT molecular complexity index is 5020. The Hall–Kier alpha value is -10.5. The summed E-state index contributed by atoms with van der Waals surface area (Å²) >= 11 is 4.48. The summed E-state index contributed by atoms with van der Waals surface area (Å²) in [6.45, 7) is 32.7. The summed E-state index contributed by atoms with van der Waals surface area (Å²) < 4.78 is 25.1. The van der Waals surface area contributed by atoms with Crippen molar-refractivity contribution in [3.8, 4) is 0 Å². The summed E-state index contributed by atoms with van der Waals surface area (Å²) in [6.07, 6.45) is 7.68. The molecule has 12 heterocycles. The van der Waals surface area contributed by atoms with Crippen LogP contribution in [0.15, 0.2) is 85.8 Å². The minimum Gasteiger partial charge on any atom is -0.369 e. The van der Waals surface area contributed by atoms with E-state index in [1.165, 1.54) is 56.3 Å². The molecule has 0 unspecified atom stereocenters. The highest BCUT2D eigenvalue weighted by atomic mass is 32.2. The second-order valence-corrected chi connectivity index (χ2v) is 32.0. The minimum atomic E-state index is -3.16. The SMILES string of the molecule is C=CC(=O)N1CCN(c2ccc(Nc3ncc4c(n3)N(CC)c3sc(C)nc3C(=O)N4C)c(C)c2)CC1.CCN1c2nc(Nc3ccc(N4CCN(S(C)(=O)=O)CC4)cc3C)ncc2N(C)C(=O)c2nc(C)sc21.CCN1c2nc(Nc3ccc(N4CCNCC4)cc3C)ncc2N(C)C(=O)c2nc(C)sc21. The van der Waals surface area contributed by atoms with E-state index in [4.69, 9.17) is 15.0 Å². The lowest BCUT2D eigenvalue weighted by molar-refractivity contribution is -0.126. The first-order chi connectivity index (χ1) is 51.3. The third-order valence-electron chi connectivity index (χ3n) is 19.5. The fraction of sp³-hybridized carbons (Fsp3) is 0.384. The summed E-state index contributed by atoms with van der Waals surface area (Å²) in [6, 6.07) is 18.7. The molecule has 9 aromatic rings. The molecule has 6 aromatic heterocycles. The third-order valence-corrected chi connectivity index (χ3v) is 23.8. The number of carbonyl (C=O) groups excluding carboxylic acids is 4. The number of hydrogen-bond donors (Lipinski definition) is 4. The smallest absolute Gasteiger partial charge is 0.279 e. The van der Waals surface area contributed by atoms with E-state index in [-0.39, 0.29) is 23.6 Å². The third kappa shape index (κ3) is 15.3. The molecule has 0 spiro atoms. The summed E-state index contributed by atoms with van der Waals surface area (Å²) in [4.78, 5) is 112. The van der Waals surface area contributed by atoms with E-state index >= 15 is 0 Å². The fourth-order valence-electron chi connectivity index (χ4n) is 13.6. The molecule has 107 heavy (non-hydrogen) atoms. The van der Waals surface area contributed by atoms with E-state index in [0.29, 0.717) is 128 Å². The van der Waals surface area contributed by atoms with Crippen molar-refractivity contribution in [2.45, 2.75) is 62.3 Å². The maximum Gasteiger partial charge on any atom is 0.279 e. The zero-order chi connectivity index (χ0) is 75.9. The second-order valence-electron chi connectivity index (χ2n) is 26.5. The van der Waals surface area contributed by atoms with Gasteiger partial charge in [0.1, 0.15) is 32.1 Å². The predicted octanol–water partition coefficient (Wildman–Crippen LogP) is 10.5. The van der Waals surface area contributed by atoms with Crippen molar-refractivity contribution in [2.24, 2.45) is 0 Å². The lowest BCUT2D eigenvalue weighted by Gasteiger charge is -2.36. The Balaban J connectivity index is 0.000000142. The summed E-state index contributed by atoms with van der Waals surface area (Å²) in [5, 5.41) is 18.4. The Labute approximate surface area is 634 Å². The van der Waals surface area contributed by atoms with Crippen LogP contribution >= 0.6 is 34.0 Å². The van der Waals surface area contributed by atoms with Crippen LogP contribution in [0.3, 0.4) is 0 Å². The molecule has 30 nitrogen and oxygen atoms in total. The fourth-order valence-corrected chi connectivity index (χ4v) is 17.3. The molecule has 0 atom stereocenters. The van der Waals surface area contributed by atoms with Crippen molar-refractivity contribution in [2.75, 3.05) is 186 Å². The average Bonchev–Trinajstić information content (AvgIpc) is 1.63. The van der Waals surface area contributed by atoms with E-state index in [2.05, 4.69) is 116 Å². The number of fused-ring (bicyclic) bond motifs is 6. The number of anilines is 18. The van der Waals surface area contributed by atoms with Crippen LogP contribution in [0, 0.1) is 41.5 Å². The first kappa shape index (κ1) is 74.7. The number of hydrogen-bond acceptors (Lipinski definition) is 28. The molecule has 4 N–H and O–H groups in total. The van der Waals surface area contributed by atoms with Crippen molar-refractivity contribution in [3.63, 3.8) is 0 Å². The number of aryl methyl sites for hydroxylation is 6. The largest absolute Gasteiger partial charge is 0.369 e. The van der Waals surface area contributed by atoms with Crippen molar-refractivity contribution in [3.05, 3.63) is 135 Å². The molecule has 560 valence electrons. The molecule has 3 aromatic carbocycles. The molecule has 0 aliphatic carbocycles. The Kier molecular flexibility index (Phi) is 21.7. The van der Waals surface area contributed by atoms with E-state index in [1.807, 2.05) is 93.2 Å². The highest BCUT2D eigenvalue weighted by Crippen LogP contribution is 2.46. The van der Waals surface area contributed by atoms with Gasteiger partial charge in [-0.05, 0) is 140 Å². The van der Waals surface area contributed by atoms with Crippen molar-refractivity contribution < 1.29 is 27.6 Å². The van der Waals surface area contributed by atoms with Gasteiger partial charge in [0.15, 0.2) is 34.5 Å². The van der Waals surface area contributed by atoms with Crippen LogP contribution in [0.2, 0.25) is 0 Å². The molecular formula is C73H88N24O6S4. The molecule has 4 amide bonds. The molecule has 6 aliphatic heterocycles. The number of benzene rings is 3. The number of aromatic nitrogens is 9. The van der Waals surface area contributed by atoms with Gasteiger partial charge in [-0.1, -0.05) is 6.58 Å². The molecule has 0 saturated carbocycles. The minimum absolute atomic E-state index is 0.0185. The predicted molar refractivity (Wildman–Crippen MR) is 429 cm³/mol. The van der Waals surface area contributed by atoms with Crippen molar-refractivity contribution >= 4 is 169 Å². The van der Waals surface area contributed by atoms with Gasteiger partial charge in [-0.3, -0.25) is 19.2 Å². The Morgan fingerprint density at radius 1 is 0.486 bits per heavy atom. The molecule has 6 aliphatic rings. The summed E-state index contributed by atoms with van der Waals surface area (Å²) in [7, 11) is 2.02. The highest BCUT2D eigenvalue weighted by molar-refractivity contribution is 7.88. The second kappa shape index (κ2) is 31.1. The maximum absolute atomic E-state index is 13.1. The van der Waals surface area contributed by atoms with Crippen LogP contribution in [-0.2, 0) is 14.8 Å². The van der Waals surface area contributed by atoms with Crippen LogP contribution in [0.4, 0.5) is 101 Å². The van der Waals surface area contributed by atoms with E-state index in [1.54, 1.807) is 54.4 Å². The Morgan fingerprint density at radius 2 is 0.804 bits per heavy atom. The Morgan fingerprint density at radius 3 is 1.10 bits per heavy atom. The molecule has 34 heteroatoms. The average molecular weight is 1530 g/mol. The van der Waals surface area contributed by atoms with Crippen molar-refractivity contribution in [1.82, 2.24) is 59.4 Å². The van der Waals surface area contributed by atoms with Crippen molar-refractivity contribution in [1.29, 1.82) is 0 Å². The topological polar surface area (TPSA) is 302 Å². The van der Waals surface area contributed by atoms with Gasteiger partial charge in [-0.15, -0.1) is 34.0 Å². The van der Waals surface area contributed by atoms with Gasteiger partial charge >= 0.3 is 0 Å². The number of rotatable bonds is 14. The van der Waals surface area contributed by atoms with E-state index < -0.39 is 10.0 Å². The number of amides is 4. The molecule has 0 radical (unpaired) electrons. The number of thiazole rings is 3. The van der Waals surface area contributed by atoms with Gasteiger partial charge in [0.25, 0.3) is 17.7 Å². The van der Waals surface area contributed by atoms with Gasteiger partial charge in [0.05, 0.1) is 39.9 Å². The standard InChI is InChI=1S/C26H30N8O2S.C24H30N8O3S2.C23H28N8OS/c1-6-21(35)33-12-10-32(11-13-33)18-8-9-19(16(3)14-18)29-26-27-15-20-23(30-26)34(7-2)25-22(24(36)31(20)5)28-17(4)37-25;1-6-32-21-19(29(4)22(33)20-23(32)36-16(3)26-20)14-25-24(28-21)27-18-8-7-17(13-15(18)2)30-9-11-31(12-10-30)37(5,34)35;1-5-31-20-18(29(4)21(32)19-22(31)33-15(3)26-19)13-25-23(28-20)27-17-7-6-16(12-14(17)2)30-10-8-24-9-11-30/h6,8-9,14-15H,1,7,10-13H2,2-5H3,(H,27,29,30);7-8,13-14H,6,9-12H2,1-5H3,(H,25,27,28);6-7,12-13,24H,5,8-11H2,1-4H3,(H,25,27,28). The first-order valence-electron chi connectivity index (χ1n) is 35.5. The van der Waals surface area contributed by atoms with Gasteiger partial charge in [-0.25, -0.2) is 38.3 Å². The lowest BCUT2D eigenvalue weighted by atomic mass is 10.1. The molecule has 15 rings (SSSR count). The van der Waals surface area contributed by atoms with Crippen LogP contribution in [0.5, 0.6) is 0 Å². The normalized spacial score (nSPS) is 15.9. The maximum atomic E-state index is 13.1. The van der Waals surface area contributed by atoms with Gasteiger partial charge in [-0.2, -0.15) is 19.3 Å². The number of piperazine rings is 3. The monoisotopic (exact) mass is 1520 g/mol. The first-order valence-corrected chi connectivity index (χ1v) is 39.8. The van der Waals surface area contributed by atoms with Crippen LogP contribution in [0.1, 0.15) is 83.9 Å². The summed E-state index contributed by atoms with van der Waals surface area (Å²) in [5.74, 6) is 2.89. The lowest BCUT2D eigenvalue weighted by Crippen LogP contribution is -2.48. The molecular weight excluding hydrogens is 1440 g/mol. The van der Waals surface area contributed by atoms with Crippen LogP contribution in [0.25, 0.3) is 0 Å². The number of carbonyl (C=O) groups is 4. The number of nitrogens with zero attached hydrogens (tertiary/aromatic N) is 20. The molecule has 3 fully saturated rings. The molecule has 3 saturated heterocycles. The zero-order valence-corrected chi connectivity index (χ0v) is 65.6. The van der Waals surface area contributed by atoms with Gasteiger partial charge in [0, 0.05) is 153 Å². The van der Waals surface area contributed by atoms with Gasteiger partial charge < -0.3 is 70.3 Å². The van der Waals surface area contributed by atoms with Crippen LogP contribution in [-0.4, -0.2) is 212 Å². The number of nitrogens with one attached hydrogen (secondary N) is 4. The van der Waals surface area contributed by atoms with E-state index in [0.717, 1.165) is 114 Å². The molecule has 0 bridgehead atoms. The summed E-state index contributed by atoms with van der Waals surface area (Å²) in [5.41, 5.74) is 12.6. The number of sulfonamides is 1. The van der Waals surface area contributed by atoms with E-state index in [9.17, 15) is 27.6 Å². The van der Waals surface area contributed by atoms with Gasteiger partial charge in [0.2, 0.25) is 33.8 Å². The van der Waals surface area contributed by atoms with Crippen LogP contribution < -0.4 is 65.4 Å². The quantitative estimate of drug-likeness (QED) is 0.0736. The zero-order valence-electron chi connectivity index (χ0n) is 62.3.